The lowest BCUT2D eigenvalue weighted by atomic mass is 10.2. The molecule has 2 aromatic rings. The highest BCUT2D eigenvalue weighted by atomic mass is 79.9. The summed E-state index contributed by atoms with van der Waals surface area (Å²) in [5.41, 5.74) is -0.00708. The number of rotatable bonds is 3. The quantitative estimate of drug-likeness (QED) is 0.691. The number of anilines is 1. The van der Waals surface area contributed by atoms with E-state index < -0.39 is 10.8 Å². The summed E-state index contributed by atoms with van der Waals surface area (Å²) in [4.78, 5) is 29.8. The maximum atomic E-state index is 12.0. The number of halogens is 1. The average Bonchev–Trinajstić information content (AvgIpc) is 2.40. The zero-order valence-electron chi connectivity index (χ0n) is 9.41. The van der Waals surface area contributed by atoms with Crippen molar-refractivity contribution in [3.8, 4) is 0 Å². The maximum Gasteiger partial charge on any atom is 0.270 e. The maximum absolute atomic E-state index is 12.0. The zero-order chi connectivity index (χ0) is 13.8. The predicted molar refractivity (Wildman–Crippen MR) is 70.8 cm³/mol. The van der Waals surface area contributed by atoms with E-state index in [0.717, 1.165) is 0 Å². The van der Waals surface area contributed by atoms with Gasteiger partial charge in [0.05, 0.1) is 16.7 Å². The third-order valence-electron chi connectivity index (χ3n) is 2.21. The number of hydrogen-bond donors (Lipinski definition) is 1. The summed E-state index contributed by atoms with van der Waals surface area (Å²) in [6, 6.07) is 3.95. The summed E-state index contributed by atoms with van der Waals surface area (Å²) in [7, 11) is 0. The Hall–Kier alpha value is -2.35. The van der Waals surface area contributed by atoms with Gasteiger partial charge in [0.1, 0.15) is 0 Å². The van der Waals surface area contributed by atoms with Gasteiger partial charge in [-0.3, -0.25) is 19.9 Å². The first-order valence-electron chi connectivity index (χ1n) is 5.09. The molecule has 1 aromatic heterocycles. The highest BCUT2D eigenvalue weighted by Gasteiger charge is 2.15. The average molecular weight is 323 g/mol. The van der Waals surface area contributed by atoms with Gasteiger partial charge in [0.25, 0.3) is 11.6 Å². The lowest BCUT2D eigenvalue weighted by Crippen LogP contribution is -2.14. The minimum Gasteiger partial charge on any atom is -0.305 e. The van der Waals surface area contributed by atoms with Gasteiger partial charge in [0.2, 0.25) is 0 Å². The van der Waals surface area contributed by atoms with E-state index in [0.29, 0.717) is 4.47 Å². The fourth-order valence-corrected chi connectivity index (χ4v) is 1.77. The predicted octanol–water partition coefficient (Wildman–Crippen LogP) is 2.40. The second kappa shape index (κ2) is 5.53. The summed E-state index contributed by atoms with van der Waals surface area (Å²) in [6.07, 6.45) is 4.28. The summed E-state index contributed by atoms with van der Waals surface area (Å²) in [5, 5.41) is 13.2. The van der Waals surface area contributed by atoms with E-state index in [1.165, 1.54) is 36.8 Å². The molecule has 0 aliphatic heterocycles. The standard InChI is InChI=1S/C11H7BrN4O3/c12-9-2-1-7(16(18)19)5-8(9)11(17)15-10-6-13-3-4-14-10/h1-6H,(H,14,15,17). The Labute approximate surface area is 116 Å². The summed E-state index contributed by atoms with van der Waals surface area (Å²) in [6.45, 7) is 0. The van der Waals surface area contributed by atoms with Crippen molar-refractivity contribution in [2.45, 2.75) is 0 Å². The van der Waals surface area contributed by atoms with Gasteiger partial charge in [-0.05, 0) is 22.0 Å². The molecule has 19 heavy (non-hydrogen) atoms. The van der Waals surface area contributed by atoms with Crippen LogP contribution in [0, 0.1) is 10.1 Å². The SMILES string of the molecule is O=C(Nc1cnccn1)c1cc([N+](=O)[O-])ccc1Br. The van der Waals surface area contributed by atoms with Crippen molar-refractivity contribution in [1.82, 2.24) is 9.97 Å². The Kier molecular flexibility index (Phi) is 3.81. The first-order valence-corrected chi connectivity index (χ1v) is 5.88. The van der Waals surface area contributed by atoms with Crippen LogP contribution >= 0.6 is 15.9 Å². The van der Waals surface area contributed by atoms with Crippen LogP contribution in [0.15, 0.2) is 41.3 Å². The first-order chi connectivity index (χ1) is 9.08. The van der Waals surface area contributed by atoms with E-state index in [2.05, 4.69) is 31.2 Å². The van der Waals surface area contributed by atoms with Crippen LogP contribution in [0.25, 0.3) is 0 Å². The van der Waals surface area contributed by atoms with E-state index in [1.807, 2.05) is 0 Å². The smallest absolute Gasteiger partial charge is 0.270 e. The van der Waals surface area contributed by atoms with E-state index in [4.69, 9.17) is 0 Å². The van der Waals surface area contributed by atoms with Crippen LogP contribution in [0.1, 0.15) is 10.4 Å². The Morgan fingerprint density at radius 2 is 2.16 bits per heavy atom. The van der Waals surface area contributed by atoms with Gasteiger partial charge in [-0.25, -0.2) is 4.98 Å². The lowest BCUT2D eigenvalue weighted by molar-refractivity contribution is -0.384. The van der Waals surface area contributed by atoms with Crippen LogP contribution in [-0.4, -0.2) is 20.8 Å². The van der Waals surface area contributed by atoms with Crippen LogP contribution in [0.2, 0.25) is 0 Å². The van der Waals surface area contributed by atoms with Gasteiger partial charge in [0, 0.05) is 29.0 Å². The number of non-ortho nitro benzene ring substituents is 1. The molecule has 1 heterocycles. The Balaban J connectivity index is 2.28. The molecule has 0 aliphatic carbocycles. The molecule has 1 N–H and O–H groups in total. The molecule has 0 aliphatic rings. The fourth-order valence-electron chi connectivity index (χ4n) is 1.35. The molecular formula is C11H7BrN4O3. The van der Waals surface area contributed by atoms with Crippen molar-refractivity contribution in [3.05, 3.63) is 56.9 Å². The van der Waals surface area contributed by atoms with Crippen LogP contribution in [0.5, 0.6) is 0 Å². The number of nitrogens with zero attached hydrogens (tertiary/aromatic N) is 3. The molecule has 8 heteroatoms. The van der Waals surface area contributed by atoms with Crippen LogP contribution in [0.3, 0.4) is 0 Å². The number of carbonyl (C=O) groups is 1. The molecule has 7 nitrogen and oxygen atoms in total. The van der Waals surface area contributed by atoms with Crippen molar-refractivity contribution in [3.63, 3.8) is 0 Å². The highest BCUT2D eigenvalue weighted by molar-refractivity contribution is 9.10. The molecule has 0 fully saturated rings. The molecule has 1 amide bonds. The number of nitro benzene ring substituents is 1. The van der Waals surface area contributed by atoms with Gasteiger partial charge in [0.15, 0.2) is 5.82 Å². The number of benzene rings is 1. The van der Waals surface area contributed by atoms with E-state index in [9.17, 15) is 14.9 Å². The third-order valence-corrected chi connectivity index (χ3v) is 2.90. The second-order valence-corrected chi connectivity index (χ2v) is 4.32. The van der Waals surface area contributed by atoms with Gasteiger partial charge in [-0.1, -0.05) is 0 Å². The molecule has 96 valence electrons. The minimum absolute atomic E-state index is 0.153. The van der Waals surface area contributed by atoms with Crippen molar-refractivity contribution in [2.75, 3.05) is 5.32 Å². The van der Waals surface area contributed by atoms with Crippen LogP contribution < -0.4 is 5.32 Å². The number of nitrogens with one attached hydrogen (secondary N) is 1. The molecule has 0 atom stereocenters. The largest absolute Gasteiger partial charge is 0.305 e. The monoisotopic (exact) mass is 322 g/mol. The van der Waals surface area contributed by atoms with E-state index in [1.54, 1.807) is 0 Å². The number of carbonyl (C=O) groups excluding carboxylic acids is 1. The van der Waals surface area contributed by atoms with Crippen LogP contribution in [0.4, 0.5) is 11.5 Å². The summed E-state index contributed by atoms with van der Waals surface area (Å²) < 4.78 is 0.458. The zero-order valence-corrected chi connectivity index (χ0v) is 11.0. The molecule has 0 saturated heterocycles. The molecule has 0 bridgehead atoms. The lowest BCUT2D eigenvalue weighted by Gasteiger charge is -2.05. The van der Waals surface area contributed by atoms with Crippen molar-refractivity contribution in [1.29, 1.82) is 0 Å². The molecular weight excluding hydrogens is 316 g/mol. The Morgan fingerprint density at radius 1 is 1.37 bits per heavy atom. The fraction of sp³-hybridized carbons (Fsp3) is 0. The minimum atomic E-state index is -0.564. The van der Waals surface area contributed by atoms with Crippen molar-refractivity contribution >= 4 is 33.3 Å². The molecule has 0 saturated carbocycles. The highest BCUT2D eigenvalue weighted by Crippen LogP contribution is 2.23. The number of amides is 1. The first kappa shape index (κ1) is 13.1. The van der Waals surface area contributed by atoms with Gasteiger partial charge in [-0.15, -0.1) is 0 Å². The Bertz CT molecular complexity index is 633. The number of nitro groups is 1. The van der Waals surface area contributed by atoms with E-state index in [-0.39, 0.29) is 17.1 Å². The van der Waals surface area contributed by atoms with Gasteiger partial charge in [-0.2, -0.15) is 0 Å². The summed E-state index contributed by atoms with van der Waals surface area (Å²) in [5.74, 6) is -0.234. The van der Waals surface area contributed by atoms with Gasteiger partial charge >= 0.3 is 0 Å². The third kappa shape index (κ3) is 3.10. The number of aromatic nitrogens is 2. The van der Waals surface area contributed by atoms with Crippen molar-refractivity contribution < 1.29 is 9.72 Å². The second-order valence-electron chi connectivity index (χ2n) is 3.47. The molecule has 1 aromatic carbocycles. The Morgan fingerprint density at radius 3 is 2.79 bits per heavy atom. The molecule has 0 radical (unpaired) electrons. The topological polar surface area (TPSA) is 98.0 Å². The summed E-state index contributed by atoms with van der Waals surface area (Å²) >= 11 is 3.17. The van der Waals surface area contributed by atoms with Crippen molar-refractivity contribution in [2.24, 2.45) is 0 Å². The molecule has 0 spiro atoms. The molecule has 2 rings (SSSR count). The molecule has 0 unspecified atom stereocenters. The van der Waals surface area contributed by atoms with E-state index >= 15 is 0 Å². The van der Waals surface area contributed by atoms with Gasteiger partial charge < -0.3 is 5.32 Å². The number of hydrogen-bond acceptors (Lipinski definition) is 5. The normalized spacial score (nSPS) is 9.95. The van der Waals surface area contributed by atoms with Crippen LogP contribution in [-0.2, 0) is 0 Å².